The van der Waals surface area contributed by atoms with Crippen LogP contribution in [-0.2, 0) is 22.7 Å². The van der Waals surface area contributed by atoms with E-state index in [1.807, 2.05) is 17.0 Å². The van der Waals surface area contributed by atoms with Gasteiger partial charge in [0.05, 0.1) is 24.6 Å². The zero-order valence-corrected chi connectivity index (χ0v) is 15.3. The molecule has 4 rings (SSSR count). The molecule has 6 heteroatoms. The second-order valence-electron chi connectivity index (χ2n) is 7.33. The summed E-state index contributed by atoms with van der Waals surface area (Å²) < 4.78 is 5.21. The summed E-state index contributed by atoms with van der Waals surface area (Å²) in [5.74, 6) is 0.471. The summed E-state index contributed by atoms with van der Waals surface area (Å²) in [4.78, 5) is 29.2. The van der Waals surface area contributed by atoms with E-state index in [4.69, 9.17) is 4.42 Å². The van der Waals surface area contributed by atoms with Crippen molar-refractivity contribution < 1.29 is 14.0 Å². The highest BCUT2D eigenvalue weighted by atomic mass is 16.3. The first-order valence-electron chi connectivity index (χ1n) is 9.56. The molecule has 2 heterocycles. The Morgan fingerprint density at radius 2 is 1.78 bits per heavy atom. The molecule has 1 aliphatic heterocycles. The summed E-state index contributed by atoms with van der Waals surface area (Å²) in [6, 6.07) is 14.0. The van der Waals surface area contributed by atoms with Gasteiger partial charge in [-0.15, -0.1) is 0 Å². The van der Waals surface area contributed by atoms with Crippen molar-refractivity contribution in [1.29, 1.82) is 0 Å². The van der Waals surface area contributed by atoms with Gasteiger partial charge in [0.2, 0.25) is 11.8 Å². The van der Waals surface area contributed by atoms with Crippen LogP contribution in [0.25, 0.3) is 0 Å². The third kappa shape index (κ3) is 4.39. The van der Waals surface area contributed by atoms with Gasteiger partial charge in [-0.1, -0.05) is 30.3 Å². The Hall–Kier alpha value is -2.60. The van der Waals surface area contributed by atoms with E-state index in [-0.39, 0.29) is 23.7 Å². The lowest BCUT2D eigenvalue weighted by atomic mass is 10.2. The lowest BCUT2D eigenvalue weighted by Crippen LogP contribution is -2.49. The second kappa shape index (κ2) is 7.96. The van der Waals surface area contributed by atoms with Crippen LogP contribution in [0.4, 0.5) is 0 Å². The molecule has 1 saturated heterocycles. The van der Waals surface area contributed by atoms with Crippen molar-refractivity contribution >= 4 is 11.8 Å². The highest BCUT2D eigenvalue weighted by Gasteiger charge is 2.49. The average Bonchev–Trinajstić information content (AvgIpc) is 3.34. The number of nitrogens with zero attached hydrogens (tertiary/aromatic N) is 2. The molecule has 1 aliphatic carbocycles. The lowest BCUT2D eigenvalue weighted by Gasteiger charge is -2.35. The minimum atomic E-state index is -0.185. The van der Waals surface area contributed by atoms with Gasteiger partial charge in [-0.05, 0) is 24.1 Å². The Balaban J connectivity index is 1.20. The summed E-state index contributed by atoms with van der Waals surface area (Å²) in [7, 11) is 0. The minimum absolute atomic E-state index is 0.0486. The third-order valence-electron chi connectivity index (χ3n) is 5.39. The van der Waals surface area contributed by atoms with Gasteiger partial charge in [0.15, 0.2) is 0 Å². The Labute approximate surface area is 159 Å². The maximum Gasteiger partial charge on any atom is 0.226 e. The highest BCUT2D eigenvalue weighted by Crippen LogP contribution is 2.40. The zero-order chi connectivity index (χ0) is 18.6. The third-order valence-corrected chi connectivity index (χ3v) is 5.39. The molecule has 1 aromatic carbocycles. The molecule has 2 fully saturated rings. The summed E-state index contributed by atoms with van der Waals surface area (Å²) in [5.41, 5.74) is 1.30. The fourth-order valence-electron chi connectivity index (χ4n) is 3.68. The van der Waals surface area contributed by atoms with E-state index < -0.39 is 0 Å². The molecular weight excluding hydrogens is 342 g/mol. The van der Waals surface area contributed by atoms with Gasteiger partial charge >= 0.3 is 0 Å². The average molecular weight is 367 g/mol. The van der Waals surface area contributed by atoms with Gasteiger partial charge < -0.3 is 14.6 Å². The van der Waals surface area contributed by atoms with Gasteiger partial charge in [-0.25, -0.2) is 0 Å². The number of hydrogen-bond acceptors (Lipinski definition) is 4. The Kier molecular flexibility index (Phi) is 5.25. The van der Waals surface area contributed by atoms with Crippen LogP contribution in [0.3, 0.4) is 0 Å². The van der Waals surface area contributed by atoms with Crippen LogP contribution in [0, 0.1) is 11.8 Å². The Morgan fingerprint density at radius 3 is 2.48 bits per heavy atom. The van der Waals surface area contributed by atoms with E-state index in [1.54, 1.807) is 12.3 Å². The molecule has 0 spiro atoms. The fraction of sp³-hybridized carbons (Fsp3) is 0.429. The van der Waals surface area contributed by atoms with E-state index in [2.05, 4.69) is 34.5 Å². The molecule has 0 bridgehead atoms. The van der Waals surface area contributed by atoms with Crippen molar-refractivity contribution in [3.63, 3.8) is 0 Å². The van der Waals surface area contributed by atoms with Crippen LogP contribution in [0.2, 0.25) is 0 Å². The molecule has 142 valence electrons. The van der Waals surface area contributed by atoms with Crippen LogP contribution in [0.1, 0.15) is 17.7 Å². The number of furan rings is 1. The zero-order valence-electron chi connectivity index (χ0n) is 15.3. The van der Waals surface area contributed by atoms with E-state index in [0.717, 1.165) is 38.5 Å². The number of piperazine rings is 1. The number of nitrogens with one attached hydrogen (secondary N) is 1. The van der Waals surface area contributed by atoms with Crippen LogP contribution in [0.15, 0.2) is 53.1 Å². The molecule has 2 unspecified atom stereocenters. The fourth-order valence-corrected chi connectivity index (χ4v) is 3.68. The lowest BCUT2D eigenvalue weighted by molar-refractivity contribution is -0.136. The van der Waals surface area contributed by atoms with Crippen molar-refractivity contribution in [2.24, 2.45) is 11.8 Å². The monoisotopic (exact) mass is 367 g/mol. The maximum absolute atomic E-state index is 12.7. The standard InChI is InChI=1S/C21H25N3O3/c25-20(22-14-17-7-4-12-27-17)18-13-19(18)21(26)24-10-8-23(9-11-24)15-16-5-2-1-3-6-16/h1-7,12,18-19H,8-11,13-15H2,(H,22,25). The first kappa shape index (κ1) is 17.8. The van der Waals surface area contributed by atoms with E-state index in [9.17, 15) is 9.59 Å². The Morgan fingerprint density at radius 1 is 1.00 bits per heavy atom. The molecule has 1 saturated carbocycles. The van der Waals surface area contributed by atoms with Crippen LogP contribution >= 0.6 is 0 Å². The van der Waals surface area contributed by atoms with Gasteiger partial charge in [0, 0.05) is 32.7 Å². The van der Waals surface area contributed by atoms with E-state index in [1.165, 1.54) is 5.56 Å². The molecule has 1 N–H and O–H groups in total. The second-order valence-corrected chi connectivity index (χ2v) is 7.33. The summed E-state index contributed by atoms with van der Waals surface area (Å²) in [5, 5.41) is 2.86. The highest BCUT2D eigenvalue weighted by molar-refractivity contribution is 5.92. The predicted octanol–water partition coefficient (Wildman–Crippen LogP) is 1.88. The van der Waals surface area contributed by atoms with Crippen LogP contribution in [0.5, 0.6) is 0 Å². The van der Waals surface area contributed by atoms with E-state index >= 15 is 0 Å². The van der Waals surface area contributed by atoms with Gasteiger partial charge in [-0.3, -0.25) is 14.5 Å². The number of carbonyl (C=O) groups is 2. The molecule has 2 aromatic rings. The Bertz CT molecular complexity index is 767. The van der Waals surface area contributed by atoms with Crippen molar-refractivity contribution in [1.82, 2.24) is 15.1 Å². The van der Waals surface area contributed by atoms with Gasteiger partial charge in [-0.2, -0.15) is 0 Å². The first-order chi connectivity index (χ1) is 13.2. The van der Waals surface area contributed by atoms with Crippen molar-refractivity contribution in [3.05, 3.63) is 60.1 Å². The van der Waals surface area contributed by atoms with Crippen molar-refractivity contribution in [2.75, 3.05) is 26.2 Å². The van der Waals surface area contributed by atoms with E-state index in [0.29, 0.717) is 13.0 Å². The molecule has 6 nitrogen and oxygen atoms in total. The molecule has 27 heavy (non-hydrogen) atoms. The van der Waals surface area contributed by atoms with Crippen molar-refractivity contribution in [3.8, 4) is 0 Å². The first-order valence-corrected chi connectivity index (χ1v) is 9.56. The van der Waals surface area contributed by atoms with Crippen LogP contribution < -0.4 is 5.32 Å². The molecule has 2 atom stereocenters. The van der Waals surface area contributed by atoms with Crippen molar-refractivity contribution in [2.45, 2.75) is 19.5 Å². The minimum Gasteiger partial charge on any atom is -0.467 e. The quantitative estimate of drug-likeness (QED) is 0.847. The summed E-state index contributed by atoms with van der Waals surface area (Å²) in [6.07, 6.45) is 2.25. The summed E-state index contributed by atoms with van der Waals surface area (Å²) in [6.45, 7) is 4.53. The molecule has 2 aliphatic rings. The predicted molar refractivity (Wildman–Crippen MR) is 100 cm³/mol. The molecule has 2 amide bonds. The number of hydrogen-bond donors (Lipinski definition) is 1. The number of benzene rings is 1. The van der Waals surface area contributed by atoms with Gasteiger partial charge in [0.25, 0.3) is 0 Å². The topological polar surface area (TPSA) is 65.8 Å². The number of amides is 2. The maximum atomic E-state index is 12.7. The van der Waals surface area contributed by atoms with Crippen LogP contribution in [-0.4, -0.2) is 47.8 Å². The smallest absolute Gasteiger partial charge is 0.226 e. The summed E-state index contributed by atoms with van der Waals surface area (Å²) >= 11 is 0. The number of rotatable bonds is 6. The largest absolute Gasteiger partial charge is 0.467 e. The molecule has 0 radical (unpaired) electrons. The SMILES string of the molecule is O=C(NCc1ccco1)C1CC1C(=O)N1CCN(Cc2ccccc2)CC1. The normalized spacial score (nSPS) is 22.4. The molecule has 1 aromatic heterocycles. The molecular formula is C21H25N3O3. The number of carbonyl (C=O) groups excluding carboxylic acids is 2. The van der Waals surface area contributed by atoms with Gasteiger partial charge in [0.1, 0.15) is 5.76 Å².